The maximum atomic E-state index is 14.6. The maximum Gasteiger partial charge on any atom is 0.435 e. The van der Waals surface area contributed by atoms with Crippen LogP contribution in [0.5, 0.6) is 5.88 Å². The lowest BCUT2D eigenvalue weighted by molar-refractivity contribution is -0.143. The van der Waals surface area contributed by atoms with Crippen molar-refractivity contribution in [2.24, 2.45) is 11.3 Å². The van der Waals surface area contributed by atoms with Crippen LogP contribution in [0.2, 0.25) is 0 Å². The predicted octanol–water partition coefficient (Wildman–Crippen LogP) is 5.37. The van der Waals surface area contributed by atoms with Gasteiger partial charge in [0, 0.05) is 12.3 Å². The molecule has 54 heavy (non-hydrogen) atoms. The van der Waals surface area contributed by atoms with Crippen LogP contribution in [-0.2, 0) is 32.7 Å². The molecular weight excluding hydrogens is 735 g/mol. The Morgan fingerprint density at radius 3 is 2.33 bits per heavy atom. The molecule has 2 aliphatic heterocycles. The van der Waals surface area contributed by atoms with Crippen molar-refractivity contribution in [2.75, 3.05) is 19.8 Å². The number of nitrogens with one attached hydrogen (secondary N) is 3. The predicted molar refractivity (Wildman–Crippen MR) is 201 cm³/mol. The Bertz CT molecular complexity index is 1980. The third-order valence-corrected chi connectivity index (χ3v) is 11.6. The summed E-state index contributed by atoms with van der Waals surface area (Å²) in [5.74, 6) is -2.08. The summed E-state index contributed by atoms with van der Waals surface area (Å²) in [6.07, 6.45) is 2.25. The van der Waals surface area contributed by atoms with Crippen LogP contribution in [0.1, 0.15) is 61.3 Å². The second-order valence-corrected chi connectivity index (χ2v) is 18.4. The third-order valence-electron chi connectivity index (χ3n) is 9.23. The number of aromatic nitrogens is 2. The summed E-state index contributed by atoms with van der Waals surface area (Å²) in [6, 6.07) is 8.95. The van der Waals surface area contributed by atoms with Gasteiger partial charge in [0.05, 0.1) is 35.7 Å². The molecule has 2 saturated heterocycles. The molecule has 0 spiro atoms. The van der Waals surface area contributed by atoms with Gasteiger partial charge in [-0.25, -0.2) is 19.3 Å². The zero-order chi connectivity index (χ0) is 39.1. The number of alkyl carbamates (subject to hydrolysis) is 1. The van der Waals surface area contributed by atoms with Crippen molar-refractivity contribution >= 4 is 53.9 Å². The average Bonchev–Trinajstić information content (AvgIpc) is 3.54. The number of rotatable bonds is 10. The van der Waals surface area contributed by atoms with Gasteiger partial charge in [0.15, 0.2) is 0 Å². The SMILES string of the molecule is C/C=C\C1C[C@]1(NC(=O)[C@@H]1C[C@@H](Oc2nc3ccccc3nc2-c2cccs2)CN1C(=O)[C@@H](NC(=O)OC(C)(C)C)C(C)(C)C)C(=O)NP1(=O)OCCO1. The topological polar surface area (TPSA) is 187 Å². The van der Waals surface area contributed by atoms with Gasteiger partial charge in [0.25, 0.3) is 5.91 Å². The van der Waals surface area contributed by atoms with Crippen LogP contribution in [0.15, 0.2) is 53.9 Å². The Hall–Kier alpha value is -4.37. The molecule has 3 aliphatic rings. The first kappa shape index (κ1) is 39.3. The number of nitrogens with zero attached hydrogens (tertiary/aromatic N) is 3. The Kier molecular flexibility index (Phi) is 11.0. The van der Waals surface area contributed by atoms with E-state index in [1.165, 1.54) is 16.2 Å². The minimum atomic E-state index is -3.90. The van der Waals surface area contributed by atoms with E-state index in [1.54, 1.807) is 60.6 Å². The highest BCUT2D eigenvalue weighted by atomic mass is 32.1. The van der Waals surface area contributed by atoms with E-state index in [9.17, 15) is 23.7 Å². The smallest absolute Gasteiger partial charge is 0.435 e. The monoisotopic (exact) mass is 782 g/mol. The Morgan fingerprint density at radius 1 is 1.04 bits per heavy atom. The number of para-hydroxylation sites is 2. The summed E-state index contributed by atoms with van der Waals surface area (Å²) < 4.78 is 35.4. The largest absolute Gasteiger partial charge is 0.471 e. The van der Waals surface area contributed by atoms with Crippen molar-refractivity contribution in [1.29, 1.82) is 0 Å². The summed E-state index contributed by atoms with van der Waals surface area (Å²) in [7, 11) is -3.90. The molecule has 3 aromatic rings. The molecule has 1 aromatic carbocycles. The Labute approximate surface area is 318 Å². The lowest BCUT2D eigenvalue weighted by Gasteiger charge is -2.36. The van der Waals surface area contributed by atoms with Gasteiger partial charge in [-0.15, -0.1) is 11.3 Å². The van der Waals surface area contributed by atoms with Crippen molar-refractivity contribution in [2.45, 2.75) is 90.6 Å². The summed E-state index contributed by atoms with van der Waals surface area (Å²) in [5, 5.41) is 9.91. The fourth-order valence-electron chi connectivity index (χ4n) is 6.57. The minimum Gasteiger partial charge on any atom is -0.471 e. The van der Waals surface area contributed by atoms with Crippen LogP contribution < -0.4 is 20.5 Å². The number of likely N-dealkylation sites (tertiary alicyclic amines) is 1. The van der Waals surface area contributed by atoms with Gasteiger partial charge in [-0.1, -0.05) is 51.1 Å². The molecule has 6 rings (SSSR count). The Morgan fingerprint density at radius 2 is 1.72 bits per heavy atom. The standard InChI is InChI=1S/C37H47N6O9PS/c1-8-12-22-20-37(22,33(46)42-53(48)49-16-17-50-53)41-30(44)26-19-23(21-43(26)32(45)29(35(2,3)4)40-34(47)52-36(5,6)7)51-31-28(27-15-11-18-54-27)38-24-13-9-10-14-25(24)39-31/h8-15,18,22-23,26,29H,16-17,19-21H2,1-7H3,(H,40,47)(H,41,44)(H,42,46,48)/b12-8-/t22?,23-,26+,29-,37-/m1/s1. The number of carbonyl (C=O) groups excluding carboxylic acids is 4. The molecule has 4 heterocycles. The molecule has 2 aromatic heterocycles. The van der Waals surface area contributed by atoms with E-state index in [0.717, 1.165) is 4.88 Å². The molecule has 4 amide bonds. The first-order valence-corrected chi connectivity index (χ1v) is 20.3. The molecule has 3 N–H and O–H groups in total. The quantitative estimate of drug-likeness (QED) is 0.177. The van der Waals surface area contributed by atoms with E-state index >= 15 is 0 Å². The minimum absolute atomic E-state index is 0.0238. The molecular formula is C37H47N6O9PS. The van der Waals surface area contributed by atoms with E-state index in [-0.39, 0.29) is 38.5 Å². The number of amides is 4. The maximum absolute atomic E-state index is 14.6. The highest BCUT2D eigenvalue weighted by Gasteiger charge is 2.62. The molecule has 290 valence electrons. The van der Waals surface area contributed by atoms with Gasteiger partial charge in [0.2, 0.25) is 17.7 Å². The number of ether oxygens (including phenoxy) is 2. The molecule has 5 atom stereocenters. The molecule has 0 radical (unpaired) electrons. The fourth-order valence-corrected chi connectivity index (χ4v) is 8.56. The molecule has 1 aliphatic carbocycles. The van der Waals surface area contributed by atoms with Crippen LogP contribution in [0.4, 0.5) is 4.79 Å². The van der Waals surface area contributed by atoms with Gasteiger partial charge < -0.3 is 25.0 Å². The van der Waals surface area contributed by atoms with E-state index in [4.69, 9.17) is 28.5 Å². The Balaban J connectivity index is 1.33. The van der Waals surface area contributed by atoms with Crippen molar-refractivity contribution in [3.05, 3.63) is 53.9 Å². The van der Waals surface area contributed by atoms with E-state index in [1.807, 2.05) is 41.8 Å². The van der Waals surface area contributed by atoms with E-state index in [2.05, 4.69) is 15.7 Å². The summed E-state index contributed by atoms with van der Waals surface area (Å²) in [6.45, 7) is 12.4. The fraction of sp³-hybridized carbons (Fsp3) is 0.514. The average molecular weight is 783 g/mol. The van der Waals surface area contributed by atoms with Gasteiger partial charge >= 0.3 is 13.8 Å². The highest BCUT2D eigenvalue weighted by Crippen LogP contribution is 2.52. The van der Waals surface area contributed by atoms with Gasteiger partial charge in [0.1, 0.15) is 35.0 Å². The number of fused-ring (bicyclic) bond motifs is 1. The first-order valence-electron chi connectivity index (χ1n) is 17.9. The molecule has 1 saturated carbocycles. The third kappa shape index (κ3) is 8.62. The van der Waals surface area contributed by atoms with Crippen LogP contribution in [-0.4, -0.2) is 87.8 Å². The van der Waals surface area contributed by atoms with Crippen molar-refractivity contribution in [1.82, 2.24) is 30.6 Å². The normalized spacial score (nSPS) is 24.3. The summed E-state index contributed by atoms with van der Waals surface area (Å²) in [5.41, 5.74) is -1.32. The summed E-state index contributed by atoms with van der Waals surface area (Å²) >= 11 is 1.47. The highest BCUT2D eigenvalue weighted by molar-refractivity contribution is 7.52. The van der Waals surface area contributed by atoms with Crippen molar-refractivity contribution in [3.63, 3.8) is 0 Å². The van der Waals surface area contributed by atoms with E-state index < -0.39 is 72.2 Å². The second kappa shape index (κ2) is 15.0. The number of carbonyl (C=O) groups is 4. The van der Waals surface area contributed by atoms with Gasteiger partial charge in [-0.3, -0.25) is 28.5 Å². The van der Waals surface area contributed by atoms with Crippen LogP contribution in [0, 0.1) is 11.3 Å². The molecule has 15 nitrogen and oxygen atoms in total. The summed E-state index contributed by atoms with van der Waals surface area (Å²) in [4.78, 5) is 67.7. The lowest BCUT2D eigenvalue weighted by atomic mass is 9.85. The van der Waals surface area contributed by atoms with Crippen LogP contribution in [0.25, 0.3) is 21.6 Å². The number of thiophene rings is 1. The van der Waals surface area contributed by atoms with Crippen molar-refractivity contribution in [3.8, 4) is 16.5 Å². The van der Waals surface area contributed by atoms with Gasteiger partial charge in [-0.05, 0) is 63.1 Å². The van der Waals surface area contributed by atoms with Crippen LogP contribution in [0.3, 0.4) is 0 Å². The molecule has 17 heteroatoms. The second-order valence-electron chi connectivity index (χ2n) is 15.7. The number of allylic oxidation sites excluding steroid dienone is 1. The zero-order valence-corrected chi connectivity index (χ0v) is 33.1. The van der Waals surface area contributed by atoms with E-state index in [0.29, 0.717) is 16.7 Å². The molecule has 0 bridgehead atoms. The van der Waals surface area contributed by atoms with Crippen LogP contribution >= 0.6 is 19.1 Å². The number of hydrogen-bond donors (Lipinski definition) is 3. The number of benzene rings is 1. The number of hydrogen-bond acceptors (Lipinski definition) is 12. The van der Waals surface area contributed by atoms with Crippen molar-refractivity contribution < 1.29 is 42.3 Å². The molecule has 3 fully saturated rings. The molecule has 1 unspecified atom stereocenters. The lowest BCUT2D eigenvalue weighted by Crippen LogP contribution is -2.60. The zero-order valence-electron chi connectivity index (χ0n) is 31.4. The first-order chi connectivity index (χ1) is 25.4. The van der Waals surface area contributed by atoms with Gasteiger partial charge in [-0.2, -0.15) is 0 Å².